The van der Waals surface area contributed by atoms with Crippen LogP contribution in [0.3, 0.4) is 0 Å². The van der Waals surface area contributed by atoms with Crippen molar-refractivity contribution in [1.82, 2.24) is 24.6 Å². The van der Waals surface area contributed by atoms with Gasteiger partial charge in [-0.25, -0.2) is 4.98 Å². The average molecular weight is 495 g/mol. The van der Waals surface area contributed by atoms with Crippen LogP contribution in [0.2, 0.25) is 0 Å². The third-order valence-electron chi connectivity index (χ3n) is 5.98. The Morgan fingerprint density at radius 1 is 1.12 bits per heavy atom. The van der Waals surface area contributed by atoms with E-state index < -0.39 is 0 Å². The number of aryl methyl sites for hydroxylation is 1. The van der Waals surface area contributed by atoms with Gasteiger partial charge in [-0.15, -0.1) is 0 Å². The number of aromatic nitrogens is 4. The lowest BCUT2D eigenvalue weighted by atomic mass is 10.1. The molecule has 2 N–H and O–H groups in total. The molecule has 0 bridgehead atoms. The van der Waals surface area contributed by atoms with Gasteiger partial charge in [0.05, 0.1) is 33.4 Å². The summed E-state index contributed by atoms with van der Waals surface area (Å²) in [5, 5.41) is 7.78. The summed E-state index contributed by atoms with van der Waals surface area (Å²) in [6.07, 6.45) is 5.61. The molecule has 3 heterocycles. The molecule has 1 aliphatic rings. The number of fused-ring (bicyclic) bond motifs is 1. The minimum Gasteiger partial charge on any atom is -0.491 e. The molecule has 2 aromatic heterocycles. The first-order chi connectivity index (χ1) is 15.7. The van der Waals surface area contributed by atoms with Gasteiger partial charge in [-0.3, -0.25) is 9.58 Å². The Balaban J connectivity index is 1.32. The highest BCUT2D eigenvalue weighted by Gasteiger charge is 2.27. The van der Waals surface area contributed by atoms with Crippen molar-refractivity contribution in [3.63, 3.8) is 0 Å². The van der Waals surface area contributed by atoms with Gasteiger partial charge in [0.15, 0.2) is 0 Å². The van der Waals surface area contributed by atoms with Crippen LogP contribution in [0.1, 0.15) is 31.0 Å². The molecule has 1 fully saturated rings. The molecule has 0 spiro atoms. The van der Waals surface area contributed by atoms with Crippen molar-refractivity contribution in [1.29, 1.82) is 0 Å². The molecule has 1 atom stereocenters. The van der Waals surface area contributed by atoms with Crippen molar-refractivity contribution in [3.8, 4) is 5.75 Å². The maximum atomic E-state index is 6.32. The first-order valence-corrected chi connectivity index (χ1v) is 11.8. The smallest absolute Gasteiger partial charge is 0.205 e. The molecule has 2 aromatic carbocycles. The van der Waals surface area contributed by atoms with Crippen LogP contribution in [0.15, 0.2) is 59.2 Å². The Kier molecular flexibility index (Phi) is 6.14. The summed E-state index contributed by atoms with van der Waals surface area (Å²) in [4.78, 5) is 10.4. The van der Waals surface area contributed by atoms with Gasteiger partial charge in [-0.05, 0) is 66.1 Å². The summed E-state index contributed by atoms with van der Waals surface area (Å²) in [5.74, 6) is 1.54. The largest absolute Gasteiger partial charge is 0.491 e. The van der Waals surface area contributed by atoms with Gasteiger partial charge >= 0.3 is 0 Å². The minimum atomic E-state index is 0.143. The number of piperidine rings is 1. The van der Waals surface area contributed by atoms with E-state index in [1.807, 2.05) is 66.5 Å². The van der Waals surface area contributed by atoms with Crippen molar-refractivity contribution in [2.45, 2.75) is 25.3 Å². The highest BCUT2D eigenvalue weighted by molar-refractivity contribution is 9.10. The predicted octanol–water partition coefficient (Wildman–Crippen LogP) is 5.41. The van der Waals surface area contributed by atoms with Gasteiger partial charge in [0.2, 0.25) is 5.95 Å². The number of para-hydroxylation sites is 2. The average Bonchev–Trinajstić information content (AvgIpc) is 3.37. The van der Waals surface area contributed by atoms with Gasteiger partial charge in [-0.2, -0.15) is 5.10 Å². The maximum Gasteiger partial charge on any atom is 0.205 e. The number of anilines is 2. The number of hydrogen-bond donors (Lipinski definition) is 2. The number of hydrogen-bond acceptors (Lipinski definition) is 5. The Morgan fingerprint density at radius 2 is 1.97 bits per heavy atom. The fraction of sp³-hybridized carbons (Fsp3) is 0.333. The molecular weight excluding hydrogens is 468 g/mol. The van der Waals surface area contributed by atoms with Crippen LogP contribution in [0.25, 0.3) is 11.0 Å². The van der Waals surface area contributed by atoms with Crippen LogP contribution in [-0.2, 0) is 7.05 Å². The summed E-state index contributed by atoms with van der Waals surface area (Å²) in [5.41, 5.74) is 4.03. The fourth-order valence-corrected chi connectivity index (χ4v) is 4.98. The number of H-pyrrole nitrogens is 1. The van der Waals surface area contributed by atoms with Crippen LogP contribution in [-0.4, -0.2) is 44.3 Å². The SMILES string of the molecule is Cn1ncc(Br)c1C(COc1cccc(Nc2nc3ccccc3[nH]2)c1)N1CCCCC1. The zero-order valence-corrected chi connectivity index (χ0v) is 19.7. The van der Waals surface area contributed by atoms with Crippen molar-refractivity contribution >= 4 is 38.6 Å². The second-order valence-corrected chi connectivity index (χ2v) is 9.03. The number of rotatable bonds is 7. The van der Waals surface area contributed by atoms with Gasteiger partial charge in [0.1, 0.15) is 12.4 Å². The molecule has 166 valence electrons. The molecule has 0 amide bonds. The lowest BCUT2D eigenvalue weighted by Gasteiger charge is -2.34. The van der Waals surface area contributed by atoms with Gasteiger partial charge in [0.25, 0.3) is 0 Å². The number of halogens is 1. The topological polar surface area (TPSA) is 71.0 Å². The Hall–Kier alpha value is -2.84. The van der Waals surface area contributed by atoms with Gasteiger partial charge in [0, 0.05) is 18.8 Å². The number of imidazole rings is 1. The zero-order valence-electron chi connectivity index (χ0n) is 18.1. The molecule has 5 rings (SSSR count). The highest BCUT2D eigenvalue weighted by Crippen LogP contribution is 2.31. The van der Waals surface area contributed by atoms with Crippen LogP contribution in [0.4, 0.5) is 11.6 Å². The lowest BCUT2D eigenvalue weighted by molar-refractivity contribution is 0.108. The molecule has 1 saturated heterocycles. The quantitative estimate of drug-likeness (QED) is 0.359. The number of aromatic amines is 1. The fourth-order valence-electron chi connectivity index (χ4n) is 4.37. The molecule has 0 radical (unpaired) electrons. The van der Waals surface area contributed by atoms with Crippen LogP contribution in [0, 0.1) is 0 Å². The van der Waals surface area contributed by atoms with E-state index in [0.717, 1.165) is 45.7 Å². The molecule has 1 unspecified atom stereocenters. The molecule has 7 nitrogen and oxygen atoms in total. The number of nitrogens with one attached hydrogen (secondary N) is 2. The van der Waals surface area contributed by atoms with Gasteiger partial charge < -0.3 is 15.0 Å². The Morgan fingerprint density at radius 3 is 2.75 bits per heavy atom. The number of benzene rings is 2. The molecule has 32 heavy (non-hydrogen) atoms. The summed E-state index contributed by atoms with van der Waals surface area (Å²) < 4.78 is 9.30. The lowest BCUT2D eigenvalue weighted by Crippen LogP contribution is -2.38. The predicted molar refractivity (Wildman–Crippen MR) is 130 cm³/mol. The summed E-state index contributed by atoms with van der Waals surface area (Å²) in [6.45, 7) is 2.73. The highest BCUT2D eigenvalue weighted by atomic mass is 79.9. The maximum absolute atomic E-state index is 6.32. The van der Waals surface area contributed by atoms with E-state index >= 15 is 0 Å². The monoisotopic (exact) mass is 494 g/mol. The zero-order chi connectivity index (χ0) is 21.9. The van der Waals surface area contributed by atoms with E-state index in [9.17, 15) is 0 Å². The standard InChI is InChI=1S/C24H27BrN6O/c1-30-23(19(25)15-26-30)22(31-12-5-2-6-13-31)16-32-18-9-7-8-17(14-18)27-24-28-20-10-3-4-11-21(20)29-24/h3-4,7-11,14-15,22H,2,5-6,12-13,16H2,1H3,(H2,27,28,29). The van der Waals surface area contributed by atoms with Crippen molar-refractivity contribution < 1.29 is 4.74 Å². The van der Waals surface area contributed by atoms with E-state index in [2.05, 4.69) is 41.2 Å². The van der Waals surface area contributed by atoms with Crippen LogP contribution >= 0.6 is 15.9 Å². The van der Waals surface area contributed by atoms with Crippen LogP contribution in [0.5, 0.6) is 5.75 Å². The normalized spacial score (nSPS) is 15.7. The molecule has 8 heteroatoms. The van der Waals surface area contributed by atoms with E-state index in [0.29, 0.717) is 12.6 Å². The third kappa shape index (κ3) is 4.52. The van der Waals surface area contributed by atoms with E-state index in [1.54, 1.807) is 0 Å². The first-order valence-electron chi connectivity index (χ1n) is 11.0. The summed E-state index contributed by atoms with van der Waals surface area (Å²) in [6, 6.07) is 16.2. The van der Waals surface area contributed by atoms with E-state index in [4.69, 9.17) is 4.74 Å². The molecule has 0 aliphatic carbocycles. The molecular formula is C24H27BrN6O. The van der Waals surface area contributed by atoms with Crippen LogP contribution < -0.4 is 10.1 Å². The molecule has 0 saturated carbocycles. The Labute approximate surface area is 195 Å². The summed E-state index contributed by atoms with van der Waals surface area (Å²) in [7, 11) is 1.99. The minimum absolute atomic E-state index is 0.143. The van der Waals surface area contributed by atoms with E-state index in [1.165, 1.54) is 19.3 Å². The van der Waals surface area contributed by atoms with E-state index in [-0.39, 0.29) is 6.04 Å². The van der Waals surface area contributed by atoms with Gasteiger partial charge in [-0.1, -0.05) is 24.6 Å². The number of nitrogens with zero attached hydrogens (tertiary/aromatic N) is 4. The van der Waals surface area contributed by atoms with Crippen molar-refractivity contribution in [2.75, 3.05) is 25.0 Å². The number of ether oxygens (including phenoxy) is 1. The van der Waals surface area contributed by atoms with Crippen molar-refractivity contribution in [3.05, 3.63) is 64.9 Å². The third-order valence-corrected chi connectivity index (χ3v) is 6.59. The second kappa shape index (κ2) is 9.34. The second-order valence-electron chi connectivity index (χ2n) is 8.18. The van der Waals surface area contributed by atoms with Crippen molar-refractivity contribution in [2.24, 2.45) is 7.05 Å². The summed E-state index contributed by atoms with van der Waals surface area (Å²) >= 11 is 3.69. The molecule has 4 aromatic rings. The number of likely N-dealkylation sites (tertiary alicyclic amines) is 1. The Bertz CT molecular complexity index is 1140. The first kappa shape index (κ1) is 21.0. The molecule has 1 aliphatic heterocycles.